The number of Topliss-reactive ketones (excluding diaryl/α,β-unsaturated/α-hetero) is 1. The van der Waals surface area contributed by atoms with Crippen LogP contribution in [0.3, 0.4) is 0 Å². The number of carbonyl (C=O) groups excluding carboxylic acids is 2. The zero-order valence-corrected chi connectivity index (χ0v) is 14.7. The fraction of sp³-hybridized carbons (Fsp3) is 0.333. The summed E-state index contributed by atoms with van der Waals surface area (Å²) in [7, 11) is 0. The van der Waals surface area contributed by atoms with Gasteiger partial charge in [0.25, 0.3) is 5.91 Å². The molecule has 136 valence electrons. The van der Waals surface area contributed by atoms with E-state index in [-0.39, 0.29) is 29.4 Å². The van der Waals surface area contributed by atoms with Gasteiger partial charge >= 0.3 is 0 Å². The largest absolute Gasteiger partial charge is 0.338 e. The first-order valence-corrected chi connectivity index (χ1v) is 8.78. The summed E-state index contributed by atoms with van der Waals surface area (Å²) >= 11 is 0. The number of piperidine rings is 1. The molecule has 3 rings (SSSR count). The Morgan fingerprint density at radius 2 is 1.81 bits per heavy atom. The molecule has 0 spiro atoms. The maximum atomic E-state index is 14.1. The van der Waals surface area contributed by atoms with Gasteiger partial charge in [-0.1, -0.05) is 36.4 Å². The van der Waals surface area contributed by atoms with Crippen molar-refractivity contribution in [2.75, 3.05) is 13.1 Å². The average Bonchev–Trinajstić information content (AvgIpc) is 2.66. The van der Waals surface area contributed by atoms with Crippen LogP contribution in [0.5, 0.6) is 0 Å². The molecule has 0 aromatic heterocycles. The molecule has 0 saturated carbocycles. The minimum atomic E-state index is -1.12. The van der Waals surface area contributed by atoms with Crippen molar-refractivity contribution >= 4 is 11.7 Å². The molecule has 0 bridgehead atoms. The molecule has 5 heteroatoms. The van der Waals surface area contributed by atoms with Gasteiger partial charge in [0.2, 0.25) is 0 Å². The monoisotopic (exact) mass is 357 g/mol. The lowest BCUT2D eigenvalue weighted by Crippen LogP contribution is -2.43. The number of aryl methyl sites for hydroxylation is 1. The number of carbonyl (C=O) groups is 2. The van der Waals surface area contributed by atoms with E-state index in [1.165, 1.54) is 24.0 Å². The van der Waals surface area contributed by atoms with Crippen molar-refractivity contribution in [1.82, 2.24) is 4.90 Å². The van der Waals surface area contributed by atoms with E-state index in [1.807, 2.05) is 30.3 Å². The van der Waals surface area contributed by atoms with Gasteiger partial charge < -0.3 is 4.90 Å². The Hall–Kier alpha value is -2.56. The smallest absolute Gasteiger partial charge is 0.256 e. The Morgan fingerprint density at radius 3 is 2.54 bits per heavy atom. The Bertz CT molecular complexity index is 820. The number of ketones is 1. The Kier molecular flexibility index (Phi) is 5.45. The van der Waals surface area contributed by atoms with Gasteiger partial charge in [-0.2, -0.15) is 0 Å². The summed E-state index contributed by atoms with van der Waals surface area (Å²) in [5.74, 6) is -2.87. The second-order valence-corrected chi connectivity index (χ2v) is 6.78. The van der Waals surface area contributed by atoms with Gasteiger partial charge in [0.15, 0.2) is 11.6 Å². The first-order chi connectivity index (χ1) is 12.5. The molecule has 0 radical (unpaired) electrons. The third-order valence-corrected chi connectivity index (χ3v) is 4.89. The van der Waals surface area contributed by atoms with Crippen LogP contribution < -0.4 is 0 Å². The van der Waals surface area contributed by atoms with Crippen LogP contribution in [-0.2, 0) is 11.2 Å². The van der Waals surface area contributed by atoms with Crippen molar-refractivity contribution in [1.29, 1.82) is 0 Å². The number of rotatable bonds is 4. The molecule has 0 unspecified atom stereocenters. The molecular formula is C21H21F2NO2. The molecule has 1 saturated heterocycles. The SMILES string of the molecule is Cc1ccc(C(=O)N2CCC[C@H](C(=O)Cc3ccccc3)C2)c(F)c1F. The van der Waals surface area contributed by atoms with Crippen molar-refractivity contribution in [2.24, 2.45) is 5.92 Å². The van der Waals surface area contributed by atoms with Crippen molar-refractivity contribution in [3.05, 3.63) is 70.8 Å². The molecule has 2 aromatic rings. The molecule has 1 amide bonds. The molecular weight excluding hydrogens is 336 g/mol. The minimum absolute atomic E-state index is 0.0734. The van der Waals surface area contributed by atoms with E-state index < -0.39 is 17.5 Å². The van der Waals surface area contributed by atoms with Crippen LogP contribution in [0.25, 0.3) is 0 Å². The number of likely N-dealkylation sites (tertiary alicyclic amines) is 1. The molecule has 1 fully saturated rings. The number of hydrogen-bond acceptors (Lipinski definition) is 2. The fourth-order valence-corrected chi connectivity index (χ4v) is 3.35. The van der Waals surface area contributed by atoms with Gasteiger partial charge in [0.05, 0.1) is 5.56 Å². The van der Waals surface area contributed by atoms with Crippen LogP contribution in [-0.4, -0.2) is 29.7 Å². The lowest BCUT2D eigenvalue weighted by atomic mass is 9.90. The summed E-state index contributed by atoms with van der Waals surface area (Å²) in [6, 6.07) is 12.2. The van der Waals surface area contributed by atoms with Crippen molar-refractivity contribution in [2.45, 2.75) is 26.2 Å². The van der Waals surface area contributed by atoms with E-state index in [0.717, 1.165) is 5.56 Å². The third-order valence-electron chi connectivity index (χ3n) is 4.89. The van der Waals surface area contributed by atoms with Gasteiger partial charge in [0, 0.05) is 25.4 Å². The first kappa shape index (κ1) is 18.2. The standard InChI is InChI=1S/C21H21F2NO2/c1-14-9-10-17(20(23)19(14)22)21(26)24-11-5-8-16(13-24)18(25)12-15-6-3-2-4-7-15/h2-4,6-7,9-10,16H,5,8,11-13H2,1H3/t16-/m0/s1. The average molecular weight is 357 g/mol. The van der Waals surface area contributed by atoms with Gasteiger partial charge in [0.1, 0.15) is 5.78 Å². The fourth-order valence-electron chi connectivity index (χ4n) is 3.35. The highest BCUT2D eigenvalue weighted by Crippen LogP contribution is 2.23. The van der Waals surface area contributed by atoms with Crippen LogP contribution in [0.4, 0.5) is 8.78 Å². The van der Waals surface area contributed by atoms with E-state index in [1.54, 1.807) is 0 Å². The Labute approximate surface area is 151 Å². The normalized spacial score (nSPS) is 17.2. The highest BCUT2D eigenvalue weighted by atomic mass is 19.2. The lowest BCUT2D eigenvalue weighted by molar-refractivity contribution is -0.123. The molecule has 0 N–H and O–H groups in total. The summed E-state index contributed by atoms with van der Waals surface area (Å²) in [6.07, 6.45) is 1.70. The van der Waals surface area contributed by atoms with Crippen LogP contribution in [0.15, 0.2) is 42.5 Å². The topological polar surface area (TPSA) is 37.4 Å². The number of nitrogens with zero attached hydrogens (tertiary/aromatic N) is 1. The molecule has 3 nitrogen and oxygen atoms in total. The van der Waals surface area contributed by atoms with Gasteiger partial charge in [-0.3, -0.25) is 9.59 Å². The Morgan fingerprint density at radius 1 is 1.08 bits per heavy atom. The second-order valence-electron chi connectivity index (χ2n) is 6.78. The summed E-state index contributed by atoms with van der Waals surface area (Å²) < 4.78 is 27.9. The molecule has 26 heavy (non-hydrogen) atoms. The van der Waals surface area contributed by atoms with Crippen molar-refractivity contribution in [3.8, 4) is 0 Å². The number of hydrogen-bond donors (Lipinski definition) is 0. The molecule has 2 aromatic carbocycles. The summed E-state index contributed by atoms with van der Waals surface area (Å²) in [5.41, 5.74) is 0.825. The second kappa shape index (κ2) is 7.77. The summed E-state index contributed by atoms with van der Waals surface area (Å²) in [4.78, 5) is 26.6. The maximum absolute atomic E-state index is 14.1. The van der Waals surface area contributed by atoms with E-state index >= 15 is 0 Å². The zero-order valence-electron chi connectivity index (χ0n) is 14.7. The maximum Gasteiger partial charge on any atom is 0.256 e. The number of halogens is 2. The van der Waals surface area contributed by atoms with Gasteiger partial charge in [-0.15, -0.1) is 0 Å². The van der Waals surface area contributed by atoms with Crippen molar-refractivity contribution in [3.63, 3.8) is 0 Å². The summed E-state index contributed by atoms with van der Waals surface area (Å²) in [5, 5.41) is 0. The highest BCUT2D eigenvalue weighted by Gasteiger charge is 2.30. The van der Waals surface area contributed by atoms with E-state index in [9.17, 15) is 18.4 Å². The molecule has 0 aliphatic carbocycles. The van der Waals surface area contributed by atoms with Gasteiger partial charge in [-0.25, -0.2) is 8.78 Å². The number of amides is 1. The van der Waals surface area contributed by atoms with Gasteiger partial charge in [-0.05, 0) is 37.0 Å². The molecule has 1 atom stereocenters. The van der Waals surface area contributed by atoms with Crippen LogP contribution in [0.1, 0.15) is 34.3 Å². The van der Waals surface area contributed by atoms with E-state index in [4.69, 9.17) is 0 Å². The minimum Gasteiger partial charge on any atom is -0.338 e. The zero-order chi connectivity index (χ0) is 18.7. The van der Waals surface area contributed by atoms with E-state index in [0.29, 0.717) is 25.8 Å². The molecule has 1 heterocycles. The van der Waals surface area contributed by atoms with Crippen molar-refractivity contribution < 1.29 is 18.4 Å². The molecule has 1 aliphatic heterocycles. The quantitative estimate of drug-likeness (QED) is 0.831. The van der Waals surface area contributed by atoms with E-state index in [2.05, 4.69) is 0 Å². The summed E-state index contributed by atoms with van der Waals surface area (Å²) in [6.45, 7) is 2.15. The predicted octanol–water partition coefficient (Wildman–Crippen LogP) is 3.94. The third kappa shape index (κ3) is 3.82. The lowest BCUT2D eigenvalue weighted by Gasteiger charge is -2.32. The predicted molar refractivity (Wildman–Crippen MR) is 94.9 cm³/mol. The molecule has 1 aliphatic rings. The van der Waals surface area contributed by atoms with Crippen LogP contribution in [0, 0.1) is 24.5 Å². The first-order valence-electron chi connectivity index (χ1n) is 8.78. The van der Waals surface area contributed by atoms with Crippen LogP contribution >= 0.6 is 0 Å². The van der Waals surface area contributed by atoms with Crippen LogP contribution in [0.2, 0.25) is 0 Å². The Balaban J connectivity index is 1.71. The highest BCUT2D eigenvalue weighted by molar-refractivity contribution is 5.95. The number of benzene rings is 2.